The van der Waals surface area contributed by atoms with Gasteiger partial charge in [-0.25, -0.2) is 9.79 Å². The average molecular weight is 400 g/mol. The Labute approximate surface area is 166 Å². The van der Waals surface area contributed by atoms with Crippen molar-refractivity contribution >= 4 is 49.4 Å². The van der Waals surface area contributed by atoms with Gasteiger partial charge in [0.2, 0.25) is 0 Å². The quantitative estimate of drug-likeness (QED) is 0.441. The highest BCUT2D eigenvalue weighted by molar-refractivity contribution is 7.21. The first-order valence-electron chi connectivity index (χ1n) is 9.18. The lowest BCUT2D eigenvalue weighted by atomic mass is 9.95. The van der Waals surface area contributed by atoms with E-state index in [0.717, 1.165) is 51.9 Å². The van der Waals surface area contributed by atoms with Crippen LogP contribution in [0.25, 0.3) is 10.1 Å². The Hall–Kier alpha value is -2.18. The number of nitrogens with zero attached hydrogens (tertiary/aromatic N) is 1. The molecule has 0 fully saturated rings. The maximum Gasteiger partial charge on any atom is 0.341 e. The highest BCUT2D eigenvalue weighted by Crippen LogP contribution is 2.42. The van der Waals surface area contributed by atoms with E-state index in [2.05, 4.69) is 0 Å². The Kier molecular flexibility index (Phi) is 5.02. The van der Waals surface area contributed by atoms with E-state index in [0.29, 0.717) is 17.2 Å². The van der Waals surface area contributed by atoms with Crippen LogP contribution in [0.2, 0.25) is 0 Å². The standard InChI is InChI=1S/C21H21NO3S2/c1-3-25-21(24)17-13-8-4-6-10-15(13)27-20(17)22-12(2)19-18(23)14-9-5-7-11-16(14)26-19/h5,7,9,11,23H,3-4,6,8,10H2,1-2H3/b22-12+. The third kappa shape index (κ3) is 3.28. The fourth-order valence-electron chi connectivity index (χ4n) is 3.52. The summed E-state index contributed by atoms with van der Waals surface area (Å²) in [4.78, 5) is 19.4. The summed E-state index contributed by atoms with van der Waals surface area (Å²) in [6.45, 7) is 4.06. The minimum Gasteiger partial charge on any atom is -0.506 e. The largest absolute Gasteiger partial charge is 0.506 e. The lowest BCUT2D eigenvalue weighted by molar-refractivity contribution is 0.0526. The number of fused-ring (bicyclic) bond motifs is 2. The number of hydrogen-bond donors (Lipinski definition) is 1. The number of carbonyl (C=O) groups excluding carboxylic acids is 1. The second-order valence-corrected chi connectivity index (χ2v) is 8.72. The number of hydrogen-bond acceptors (Lipinski definition) is 6. The normalized spacial score (nSPS) is 14.4. The van der Waals surface area contributed by atoms with Gasteiger partial charge in [0.25, 0.3) is 0 Å². The zero-order valence-corrected chi connectivity index (χ0v) is 17.0. The number of rotatable bonds is 4. The maximum absolute atomic E-state index is 12.6. The smallest absolute Gasteiger partial charge is 0.341 e. The molecule has 0 saturated carbocycles. The van der Waals surface area contributed by atoms with Crippen molar-refractivity contribution in [3.8, 4) is 5.75 Å². The highest BCUT2D eigenvalue weighted by atomic mass is 32.1. The second-order valence-electron chi connectivity index (χ2n) is 6.58. The zero-order chi connectivity index (χ0) is 19.0. The predicted octanol–water partition coefficient (Wildman–Crippen LogP) is 5.86. The molecule has 4 rings (SSSR count). The van der Waals surface area contributed by atoms with E-state index in [1.165, 1.54) is 16.2 Å². The summed E-state index contributed by atoms with van der Waals surface area (Å²) in [7, 11) is 0. The number of aromatic hydroxyl groups is 1. The first-order valence-corrected chi connectivity index (χ1v) is 10.8. The summed E-state index contributed by atoms with van der Waals surface area (Å²) in [6, 6.07) is 7.77. The molecule has 0 saturated heterocycles. The lowest BCUT2D eigenvalue weighted by Gasteiger charge is -2.11. The molecule has 1 aliphatic carbocycles. The summed E-state index contributed by atoms with van der Waals surface area (Å²) in [5, 5.41) is 12.1. The van der Waals surface area contributed by atoms with E-state index < -0.39 is 0 Å². The Morgan fingerprint density at radius 3 is 2.78 bits per heavy atom. The Morgan fingerprint density at radius 2 is 2.00 bits per heavy atom. The minimum absolute atomic E-state index is 0.260. The number of thiophene rings is 2. The summed E-state index contributed by atoms with van der Waals surface area (Å²) in [5.74, 6) is -0.0279. The number of aryl methyl sites for hydroxylation is 1. The molecule has 0 radical (unpaired) electrons. The summed E-state index contributed by atoms with van der Waals surface area (Å²) >= 11 is 3.10. The molecule has 1 N–H and O–H groups in total. The van der Waals surface area contributed by atoms with Gasteiger partial charge in [-0.1, -0.05) is 12.1 Å². The Balaban J connectivity index is 1.81. The Morgan fingerprint density at radius 1 is 1.22 bits per heavy atom. The van der Waals surface area contributed by atoms with Gasteiger partial charge in [-0.15, -0.1) is 22.7 Å². The molecule has 3 aromatic rings. The molecule has 140 valence electrons. The third-order valence-corrected chi connectivity index (χ3v) is 7.25. The van der Waals surface area contributed by atoms with Crippen LogP contribution < -0.4 is 0 Å². The molecular weight excluding hydrogens is 378 g/mol. The number of esters is 1. The fourth-order valence-corrected chi connectivity index (χ4v) is 5.86. The van der Waals surface area contributed by atoms with Gasteiger partial charge in [0.05, 0.1) is 22.8 Å². The van der Waals surface area contributed by atoms with E-state index in [1.807, 2.05) is 38.1 Å². The van der Waals surface area contributed by atoms with Gasteiger partial charge >= 0.3 is 5.97 Å². The zero-order valence-electron chi connectivity index (χ0n) is 15.4. The van der Waals surface area contributed by atoms with E-state index in [9.17, 15) is 9.90 Å². The Bertz CT molecular complexity index is 1050. The molecule has 2 aromatic heterocycles. The van der Waals surface area contributed by atoms with Crippen LogP contribution in [0.4, 0.5) is 5.00 Å². The van der Waals surface area contributed by atoms with Crippen LogP contribution in [0.3, 0.4) is 0 Å². The molecule has 0 aliphatic heterocycles. The third-order valence-electron chi connectivity index (χ3n) is 4.80. The monoisotopic (exact) mass is 399 g/mol. The van der Waals surface area contributed by atoms with E-state index in [4.69, 9.17) is 9.73 Å². The lowest BCUT2D eigenvalue weighted by Crippen LogP contribution is -2.09. The molecule has 0 atom stereocenters. The first-order chi connectivity index (χ1) is 13.1. The van der Waals surface area contributed by atoms with Gasteiger partial charge in [-0.3, -0.25) is 0 Å². The van der Waals surface area contributed by atoms with Crippen molar-refractivity contribution in [3.05, 3.63) is 45.1 Å². The molecule has 1 aromatic carbocycles. The molecule has 0 bridgehead atoms. The second kappa shape index (κ2) is 7.44. The number of aliphatic imine (C=N–C) groups is 1. The van der Waals surface area contributed by atoms with Crippen molar-refractivity contribution in [2.24, 2.45) is 4.99 Å². The van der Waals surface area contributed by atoms with Crippen LogP contribution in [-0.4, -0.2) is 23.4 Å². The van der Waals surface area contributed by atoms with Crippen molar-refractivity contribution in [2.75, 3.05) is 6.61 Å². The van der Waals surface area contributed by atoms with E-state index >= 15 is 0 Å². The van der Waals surface area contributed by atoms with Gasteiger partial charge < -0.3 is 9.84 Å². The minimum atomic E-state index is -0.288. The van der Waals surface area contributed by atoms with Gasteiger partial charge in [0.15, 0.2) is 0 Å². The van der Waals surface area contributed by atoms with Crippen LogP contribution in [0.15, 0.2) is 29.3 Å². The molecule has 0 spiro atoms. The summed E-state index contributed by atoms with van der Waals surface area (Å²) < 4.78 is 6.33. The van der Waals surface area contributed by atoms with Crippen molar-refractivity contribution in [2.45, 2.75) is 39.5 Å². The average Bonchev–Trinajstić information content (AvgIpc) is 3.20. The fraction of sp³-hybridized carbons (Fsp3) is 0.333. The van der Waals surface area contributed by atoms with Crippen LogP contribution in [0.1, 0.15) is 52.4 Å². The van der Waals surface area contributed by atoms with Crippen molar-refractivity contribution in [1.82, 2.24) is 0 Å². The molecular formula is C21H21NO3S2. The molecule has 4 nitrogen and oxygen atoms in total. The van der Waals surface area contributed by atoms with Crippen LogP contribution >= 0.6 is 22.7 Å². The number of benzene rings is 1. The van der Waals surface area contributed by atoms with Gasteiger partial charge in [-0.05, 0) is 57.2 Å². The number of ether oxygens (including phenoxy) is 1. The number of carbonyl (C=O) groups is 1. The predicted molar refractivity (Wildman–Crippen MR) is 112 cm³/mol. The molecule has 0 unspecified atom stereocenters. The van der Waals surface area contributed by atoms with Crippen LogP contribution in [0, 0.1) is 0 Å². The van der Waals surface area contributed by atoms with E-state index in [-0.39, 0.29) is 11.7 Å². The van der Waals surface area contributed by atoms with Crippen LogP contribution in [0.5, 0.6) is 5.75 Å². The molecule has 2 heterocycles. The van der Waals surface area contributed by atoms with Crippen molar-refractivity contribution in [3.63, 3.8) is 0 Å². The summed E-state index contributed by atoms with van der Waals surface area (Å²) in [5.41, 5.74) is 2.45. The highest BCUT2D eigenvalue weighted by Gasteiger charge is 2.26. The van der Waals surface area contributed by atoms with Crippen molar-refractivity contribution < 1.29 is 14.6 Å². The molecule has 27 heavy (non-hydrogen) atoms. The topological polar surface area (TPSA) is 58.9 Å². The molecule has 0 amide bonds. The summed E-state index contributed by atoms with van der Waals surface area (Å²) in [6.07, 6.45) is 4.14. The van der Waals surface area contributed by atoms with Gasteiger partial charge in [0, 0.05) is 15.0 Å². The SMILES string of the molecule is CCOC(=O)c1c(/N=C(\C)c2sc3ccccc3c2O)sc2c1CCCC2. The first kappa shape index (κ1) is 18.2. The van der Waals surface area contributed by atoms with Gasteiger partial charge in [0.1, 0.15) is 10.8 Å². The van der Waals surface area contributed by atoms with Gasteiger partial charge in [-0.2, -0.15) is 0 Å². The van der Waals surface area contributed by atoms with Crippen molar-refractivity contribution in [1.29, 1.82) is 0 Å². The maximum atomic E-state index is 12.6. The van der Waals surface area contributed by atoms with Crippen LogP contribution in [-0.2, 0) is 17.6 Å². The van der Waals surface area contributed by atoms with E-state index in [1.54, 1.807) is 11.3 Å². The molecule has 6 heteroatoms. The molecule has 1 aliphatic rings.